The van der Waals surface area contributed by atoms with Gasteiger partial charge in [0.2, 0.25) is 0 Å². The van der Waals surface area contributed by atoms with Gasteiger partial charge in [-0.3, -0.25) is 0 Å². The standard InChI is InChI=1S/C10H12ClF.C10H13F/c1-7(2)5-8-3-4-9(12)6-10(8)11;1-8(2)7-9-3-5-10(11)6-4-9/h3-4,6-7H,5H2,1-2H3;3-6,8H,7H2,1-2H3. The van der Waals surface area contributed by atoms with Crippen LogP contribution in [0.1, 0.15) is 38.8 Å². The van der Waals surface area contributed by atoms with Crippen LogP contribution in [-0.4, -0.2) is 0 Å². The quantitative estimate of drug-likeness (QED) is 0.581. The highest BCUT2D eigenvalue weighted by molar-refractivity contribution is 6.31. The van der Waals surface area contributed by atoms with E-state index in [0.717, 1.165) is 18.4 Å². The van der Waals surface area contributed by atoms with E-state index < -0.39 is 0 Å². The van der Waals surface area contributed by atoms with Crippen LogP contribution in [0.25, 0.3) is 0 Å². The second-order valence-electron chi connectivity index (χ2n) is 6.56. The minimum atomic E-state index is -0.271. The molecule has 0 fully saturated rings. The summed E-state index contributed by atoms with van der Waals surface area (Å²) in [6, 6.07) is 11.3. The number of rotatable bonds is 4. The van der Waals surface area contributed by atoms with E-state index in [2.05, 4.69) is 27.7 Å². The van der Waals surface area contributed by atoms with Crippen LogP contribution in [0.15, 0.2) is 42.5 Å². The summed E-state index contributed by atoms with van der Waals surface area (Å²) in [5, 5.41) is 0.531. The second-order valence-corrected chi connectivity index (χ2v) is 6.97. The first-order valence-corrected chi connectivity index (χ1v) is 8.34. The molecular weight excluding hydrogens is 314 g/mol. The van der Waals surface area contributed by atoms with Gasteiger partial charge in [-0.1, -0.05) is 57.5 Å². The fourth-order valence-corrected chi connectivity index (χ4v) is 2.46. The highest BCUT2D eigenvalue weighted by atomic mass is 35.5. The van der Waals surface area contributed by atoms with Crippen molar-refractivity contribution >= 4 is 11.6 Å². The summed E-state index contributed by atoms with van der Waals surface area (Å²) >= 11 is 5.83. The minimum absolute atomic E-state index is 0.155. The van der Waals surface area contributed by atoms with Crippen molar-refractivity contribution in [1.29, 1.82) is 0 Å². The molecule has 126 valence electrons. The second kappa shape index (κ2) is 9.67. The van der Waals surface area contributed by atoms with Gasteiger partial charge in [0, 0.05) is 5.02 Å². The third-order valence-corrected chi connectivity index (χ3v) is 3.55. The topological polar surface area (TPSA) is 0 Å². The lowest BCUT2D eigenvalue weighted by Gasteiger charge is -2.06. The minimum Gasteiger partial charge on any atom is -0.207 e. The Balaban J connectivity index is 0.000000231. The van der Waals surface area contributed by atoms with E-state index in [1.165, 1.54) is 29.8 Å². The lowest BCUT2D eigenvalue weighted by Crippen LogP contribution is -1.94. The van der Waals surface area contributed by atoms with Crippen LogP contribution in [0.3, 0.4) is 0 Å². The molecular formula is C20H25ClF2. The molecule has 0 saturated heterocycles. The Kier molecular flexibility index (Phi) is 8.25. The lowest BCUT2D eigenvalue weighted by molar-refractivity contribution is 0.620. The summed E-state index contributed by atoms with van der Waals surface area (Å²) in [5.41, 5.74) is 2.23. The summed E-state index contributed by atoms with van der Waals surface area (Å²) in [6.07, 6.45) is 1.93. The van der Waals surface area contributed by atoms with Crippen molar-refractivity contribution < 1.29 is 8.78 Å². The average molecular weight is 339 g/mol. The molecule has 2 aromatic carbocycles. The molecule has 0 saturated carbocycles. The average Bonchev–Trinajstić information content (AvgIpc) is 2.44. The molecule has 0 aliphatic heterocycles. The fraction of sp³-hybridized carbons (Fsp3) is 0.400. The first kappa shape index (κ1) is 19.6. The predicted octanol–water partition coefficient (Wildman–Crippen LogP) is 6.70. The zero-order chi connectivity index (χ0) is 17.4. The number of hydrogen-bond acceptors (Lipinski definition) is 0. The number of benzene rings is 2. The maximum absolute atomic E-state index is 12.6. The third-order valence-electron chi connectivity index (χ3n) is 3.20. The molecule has 0 nitrogen and oxygen atoms in total. The molecule has 0 bridgehead atoms. The van der Waals surface area contributed by atoms with Crippen molar-refractivity contribution in [2.75, 3.05) is 0 Å². The molecule has 2 rings (SSSR count). The highest BCUT2D eigenvalue weighted by Gasteiger charge is 2.03. The molecule has 23 heavy (non-hydrogen) atoms. The summed E-state index contributed by atoms with van der Waals surface area (Å²) in [7, 11) is 0. The Hall–Kier alpha value is -1.41. The number of hydrogen-bond donors (Lipinski definition) is 0. The van der Waals surface area contributed by atoms with E-state index in [-0.39, 0.29) is 11.6 Å². The maximum Gasteiger partial charge on any atom is 0.124 e. The van der Waals surface area contributed by atoms with E-state index in [1.807, 2.05) is 12.1 Å². The monoisotopic (exact) mass is 338 g/mol. The zero-order valence-electron chi connectivity index (χ0n) is 14.2. The van der Waals surface area contributed by atoms with Gasteiger partial charge in [0.15, 0.2) is 0 Å². The Morgan fingerprint density at radius 1 is 0.783 bits per heavy atom. The smallest absolute Gasteiger partial charge is 0.124 e. The molecule has 0 radical (unpaired) electrons. The first-order chi connectivity index (χ1) is 10.8. The van der Waals surface area contributed by atoms with Crippen LogP contribution in [0, 0.1) is 23.5 Å². The molecule has 0 spiro atoms. The van der Waals surface area contributed by atoms with Crippen LogP contribution >= 0.6 is 11.6 Å². The SMILES string of the molecule is CC(C)Cc1ccc(F)cc1.CC(C)Cc1ccc(F)cc1Cl. The highest BCUT2D eigenvalue weighted by Crippen LogP contribution is 2.20. The van der Waals surface area contributed by atoms with Gasteiger partial charge in [0.05, 0.1) is 0 Å². The van der Waals surface area contributed by atoms with Gasteiger partial charge < -0.3 is 0 Å². The third kappa shape index (κ3) is 8.13. The van der Waals surface area contributed by atoms with E-state index in [1.54, 1.807) is 6.07 Å². The van der Waals surface area contributed by atoms with E-state index in [9.17, 15) is 8.78 Å². The van der Waals surface area contributed by atoms with Crippen LogP contribution in [0.5, 0.6) is 0 Å². The van der Waals surface area contributed by atoms with Crippen LogP contribution < -0.4 is 0 Å². The normalized spacial score (nSPS) is 10.7. The molecule has 0 N–H and O–H groups in total. The van der Waals surface area contributed by atoms with Crippen LogP contribution in [-0.2, 0) is 12.8 Å². The van der Waals surface area contributed by atoms with Crippen molar-refractivity contribution in [1.82, 2.24) is 0 Å². The molecule has 3 heteroatoms. The fourth-order valence-electron chi connectivity index (χ4n) is 2.22. The Morgan fingerprint density at radius 3 is 1.78 bits per heavy atom. The molecule has 0 amide bonds. The van der Waals surface area contributed by atoms with Crippen molar-refractivity contribution in [3.63, 3.8) is 0 Å². The van der Waals surface area contributed by atoms with Gasteiger partial charge in [0.25, 0.3) is 0 Å². The van der Waals surface area contributed by atoms with Gasteiger partial charge in [-0.15, -0.1) is 0 Å². The molecule has 0 heterocycles. The van der Waals surface area contributed by atoms with E-state index in [4.69, 9.17) is 11.6 Å². The van der Waals surface area contributed by atoms with Gasteiger partial charge in [-0.2, -0.15) is 0 Å². The molecule has 0 aliphatic carbocycles. The largest absolute Gasteiger partial charge is 0.207 e. The van der Waals surface area contributed by atoms with Crippen molar-refractivity contribution in [3.05, 3.63) is 70.2 Å². The van der Waals surface area contributed by atoms with E-state index in [0.29, 0.717) is 16.9 Å². The van der Waals surface area contributed by atoms with Gasteiger partial charge in [-0.05, 0) is 60.1 Å². The van der Waals surface area contributed by atoms with Gasteiger partial charge in [-0.25, -0.2) is 8.78 Å². The molecule has 2 aromatic rings. The molecule has 0 atom stereocenters. The number of halogens is 3. The summed E-state index contributed by atoms with van der Waals surface area (Å²) in [6.45, 7) is 8.53. The lowest BCUT2D eigenvalue weighted by atomic mass is 10.0. The Labute approximate surface area is 143 Å². The summed E-state index contributed by atoms with van der Waals surface area (Å²) < 4.78 is 25.0. The molecule has 0 aliphatic rings. The van der Waals surface area contributed by atoms with Gasteiger partial charge >= 0.3 is 0 Å². The van der Waals surface area contributed by atoms with Crippen molar-refractivity contribution in [3.8, 4) is 0 Å². The molecule has 0 aromatic heterocycles. The Bertz CT molecular complexity index is 589. The summed E-state index contributed by atoms with van der Waals surface area (Å²) in [4.78, 5) is 0. The van der Waals surface area contributed by atoms with Crippen molar-refractivity contribution in [2.24, 2.45) is 11.8 Å². The van der Waals surface area contributed by atoms with Crippen LogP contribution in [0.2, 0.25) is 5.02 Å². The van der Waals surface area contributed by atoms with Gasteiger partial charge in [0.1, 0.15) is 11.6 Å². The summed E-state index contributed by atoms with van der Waals surface area (Å²) in [5.74, 6) is 0.762. The predicted molar refractivity (Wildman–Crippen MR) is 94.9 cm³/mol. The Morgan fingerprint density at radius 2 is 1.30 bits per heavy atom. The van der Waals surface area contributed by atoms with Crippen LogP contribution in [0.4, 0.5) is 8.78 Å². The maximum atomic E-state index is 12.6. The van der Waals surface area contributed by atoms with E-state index >= 15 is 0 Å². The molecule has 0 unspecified atom stereocenters. The van der Waals surface area contributed by atoms with Crippen molar-refractivity contribution in [2.45, 2.75) is 40.5 Å². The first-order valence-electron chi connectivity index (χ1n) is 7.96. The zero-order valence-corrected chi connectivity index (χ0v) is 15.0.